The van der Waals surface area contributed by atoms with Crippen LogP contribution in [-0.4, -0.2) is 58.6 Å². The fourth-order valence-corrected chi connectivity index (χ4v) is 4.37. The molecule has 4 rings (SSSR count). The van der Waals surface area contributed by atoms with Crippen LogP contribution in [0.3, 0.4) is 0 Å². The zero-order valence-corrected chi connectivity index (χ0v) is 16.4. The third-order valence-electron chi connectivity index (χ3n) is 5.88. The predicted octanol–water partition coefficient (Wildman–Crippen LogP) is 2.46. The van der Waals surface area contributed by atoms with Gasteiger partial charge in [0.1, 0.15) is 0 Å². The second-order valence-corrected chi connectivity index (χ2v) is 7.76. The van der Waals surface area contributed by atoms with E-state index >= 15 is 0 Å². The van der Waals surface area contributed by atoms with E-state index < -0.39 is 0 Å². The van der Waals surface area contributed by atoms with Gasteiger partial charge in [0.25, 0.3) is 5.91 Å². The summed E-state index contributed by atoms with van der Waals surface area (Å²) >= 11 is 0. The van der Waals surface area contributed by atoms with Crippen LogP contribution in [0.4, 0.5) is 0 Å². The Morgan fingerprint density at radius 3 is 3.00 bits per heavy atom. The van der Waals surface area contributed by atoms with Crippen molar-refractivity contribution in [1.82, 2.24) is 14.8 Å². The van der Waals surface area contributed by atoms with Crippen LogP contribution in [0, 0.1) is 17.8 Å². The number of aliphatic hydroxyl groups is 1. The highest BCUT2D eigenvalue weighted by molar-refractivity contribution is 6.07. The molecule has 5 nitrogen and oxygen atoms in total. The smallest absolute Gasteiger partial charge is 0.254 e. The third kappa shape index (κ3) is 3.63. The monoisotopic (exact) mass is 377 g/mol. The topological polar surface area (TPSA) is 56.7 Å². The fourth-order valence-electron chi connectivity index (χ4n) is 4.37. The molecule has 1 N–H and O–H groups in total. The van der Waals surface area contributed by atoms with Gasteiger partial charge in [-0.1, -0.05) is 24.1 Å². The van der Waals surface area contributed by atoms with Crippen LogP contribution in [0.1, 0.15) is 41.4 Å². The van der Waals surface area contributed by atoms with Gasteiger partial charge in [-0.3, -0.25) is 14.7 Å². The molecule has 2 aromatic rings. The highest BCUT2D eigenvalue weighted by atomic mass is 16.3. The number of likely N-dealkylation sites (tertiary alicyclic amines) is 1. The Bertz CT molecular complexity index is 944. The van der Waals surface area contributed by atoms with E-state index in [9.17, 15) is 9.90 Å². The predicted molar refractivity (Wildman–Crippen MR) is 110 cm³/mol. The van der Waals surface area contributed by atoms with Crippen molar-refractivity contribution in [3.8, 4) is 11.8 Å². The molecule has 1 aromatic heterocycles. The van der Waals surface area contributed by atoms with Crippen molar-refractivity contribution in [3.05, 3.63) is 41.1 Å². The number of piperidine rings is 1. The first-order valence-corrected chi connectivity index (χ1v) is 10.1. The van der Waals surface area contributed by atoms with Crippen LogP contribution in [0.5, 0.6) is 0 Å². The molecule has 2 aliphatic heterocycles. The average Bonchev–Trinajstić information content (AvgIpc) is 2.75. The van der Waals surface area contributed by atoms with Crippen LogP contribution in [-0.2, 0) is 13.0 Å². The number of amides is 1. The van der Waals surface area contributed by atoms with Gasteiger partial charge >= 0.3 is 0 Å². The van der Waals surface area contributed by atoms with Gasteiger partial charge in [-0.05, 0) is 31.7 Å². The summed E-state index contributed by atoms with van der Waals surface area (Å²) in [6.45, 7) is 5.72. The van der Waals surface area contributed by atoms with Crippen molar-refractivity contribution >= 4 is 16.8 Å². The van der Waals surface area contributed by atoms with Crippen molar-refractivity contribution in [2.45, 2.75) is 32.7 Å². The molecule has 2 aliphatic rings. The Kier molecular flexibility index (Phi) is 5.61. The van der Waals surface area contributed by atoms with Crippen molar-refractivity contribution in [2.24, 2.45) is 5.92 Å². The maximum absolute atomic E-state index is 13.6. The Balaban J connectivity index is 1.77. The van der Waals surface area contributed by atoms with Crippen LogP contribution in [0.2, 0.25) is 0 Å². The van der Waals surface area contributed by atoms with Gasteiger partial charge in [-0.25, -0.2) is 0 Å². The number of carbonyl (C=O) groups excluding carboxylic acids is 1. The number of fused-ring (bicyclic) bond motifs is 2. The lowest BCUT2D eigenvalue weighted by Gasteiger charge is -2.34. The molecule has 0 bridgehead atoms. The molecule has 1 aromatic carbocycles. The summed E-state index contributed by atoms with van der Waals surface area (Å²) in [4.78, 5) is 22.7. The summed E-state index contributed by atoms with van der Waals surface area (Å²) in [5.41, 5.74) is 3.79. The van der Waals surface area contributed by atoms with Crippen LogP contribution >= 0.6 is 0 Å². The number of pyridine rings is 1. The van der Waals surface area contributed by atoms with Crippen LogP contribution in [0.15, 0.2) is 24.3 Å². The number of hydrogen-bond acceptors (Lipinski definition) is 4. The molecule has 0 aliphatic carbocycles. The lowest BCUT2D eigenvalue weighted by molar-refractivity contribution is 0.0620. The molecule has 1 atom stereocenters. The van der Waals surface area contributed by atoms with Gasteiger partial charge in [-0.2, -0.15) is 0 Å². The molecule has 1 fully saturated rings. The van der Waals surface area contributed by atoms with Crippen molar-refractivity contribution in [3.63, 3.8) is 0 Å². The van der Waals surface area contributed by atoms with E-state index in [0.29, 0.717) is 19.6 Å². The maximum Gasteiger partial charge on any atom is 0.254 e. The second kappa shape index (κ2) is 8.30. The van der Waals surface area contributed by atoms with Gasteiger partial charge in [-0.15, -0.1) is 5.92 Å². The van der Waals surface area contributed by atoms with Crippen molar-refractivity contribution in [1.29, 1.82) is 0 Å². The fraction of sp³-hybridized carbons (Fsp3) is 0.478. The summed E-state index contributed by atoms with van der Waals surface area (Å²) in [5, 5.41) is 10.5. The van der Waals surface area contributed by atoms with E-state index in [1.54, 1.807) is 0 Å². The highest BCUT2D eigenvalue weighted by Crippen LogP contribution is 2.30. The van der Waals surface area contributed by atoms with Gasteiger partial charge < -0.3 is 10.0 Å². The molecule has 3 heterocycles. The number of aromatic nitrogens is 1. The average molecular weight is 377 g/mol. The SMILES string of the molecule is CC#CCN1CCc2nc3ccccc3c(C(=O)N3CCCC(CO)C3)c2C1. The van der Waals surface area contributed by atoms with Gasteiger partial charge in [0, 0.05) is 55.9 Å². The maximum atomic E-state index is 13.6. The molecule has 0 radical (unpaired) electrons. The lowest BCUT2D eigenvalue weighted by Crippen LogP contribution is -2.42. The third-order valence-corrected chi connectivity index (χ3v) is 5.88. The number of aliphatic hydroxyl groups excluding tert-OH is 1. The second-order valence-electron chi connectivity index (χ2n) is 7.76. The summed E-state index contributed by atoms with van der Waals surface area (Å²) in [6, 6.07) is 7.95. The van der Waals surface area contributed by atoms with E-state index in [0.717, 1.165) is 60.1 Å². The molecule has 5 heteroatoms. The Morgan fingerprint density at radius 2 is 2.18 bits per heavy atom. The van der Waals surface area contributed by atoms with E-state index in [-0.39, 0.29) is 18.4 Å². The number of carbonyl (C=O) groups is 1. The van der Waals surface area contributed by atoms with Crippen LogP contribution < -0.4 is 0 Å². The summed E-state index contributed by atoms with van der Waals surface area (Å²) in [5.74, 6) is 6.37. The molecular weight excluding hydrogens is 350 g/mol. The highest BCUT2D eigenvalue weighted by Gasteiger charge is 2.30. The van der Waals surface area contributed by atoms with E-state index in [2.05, 4.69) is 16.7 Å². The molecular formula is C23H27N3O2. The number of nitrogens with zero attached hydrogens (tertiary/aromatic N) is 3. The van der Waals surface area contributed by atoms with Gasteiger partial charge in [0.2, 0.25) is 0 Å². The Morgan fingerprint density at radius 1 is 1.32 bits per heavy atom. The Labute approximate surface area is 166 Å². The first-order chi connectivity index (χ1) is 13.7. The minimum atomic E-state index is 0.0800. The quantitative estimate of drug-likeness (QED) is 0.835. The molecule has 1 unspecified atom stereocenters. The van der Waals surface area contributed by atoms with Crippen molar-refractivity contribution in [2.75, 3.05) is 32.8 Å². The molecule has 28 heavy (non-hydrogen) atoms. The van der Waals surface area contributed by atoms with E-state index in [1.165, 1.54) is 0 Å². The largest absolute Gasteiger partial charge is 0.396 e. The van der Waals surface area contributed by atoms with E-state index in [1.807, 2.05) is 36.1 Å². The van der Waals surface area contributed by atoms with E-state index in [4.69, 9.17) is 4.98 Å². The Hall–Kier alpha value is -2.42. The first-order valence-electron chi connectivity index (χ1n) is 10.1. The molecule has 1 saturated heterocycles. The number of para-hydroxylation sites is 1. The molecule has 146 valence electrons. The minimum Gasteiger partial charge on any atom is -0.396 e. The molecule has 0 saturated carbocycles. The number of benzene rings is 1. The standard InChI is InChI=1S/C23H27N3O2/c1-2-3-11-25-13-10-21-19(15-25)22(18-8-4-5-9-20(18)24-21)23(28)26-12-6-7-17(14-26)16-27/h4-5,8-9,17,27H,6-7,10-16H2,1H3. The molecule has 0 spiro atoms. The normalized spacial score (nSPS) is 19.8. The number of rotatable bonds is 3. The van der Waals surface area contributed by atoms with Crippen molar-refractivity contribution < 1.29 is 9.90 Å². The summed E-state index contributed by atoms with van der Waals surface area (Å²) in [6.07, 6.45) is 2.77. The summed E-state index contributed by atoms with van der Waals surface area (Å²) < 4.78 is 0. The summed E-state index contributed by atoms with van der Waals surface area (Å²) in [7, 11) is 0. The first kappa shape index (κ1) is 18.9. The van der Waals surface area contributed by atoms with Gasteiger partial charge in [0.15, 0.2) is 0 Å². The van der Waals surface area contributed by atoms with Gasteiger partial charge in [0.05, 0.1) is 17.6 Å². The number of hydrogen-bond donors (Lipinski definition) is 1. The molecule has 1 amide bonds. The minimum absolute atomic E-state index is 0.0800. The van der Waals surface area contributed by atoms with Crippen LogP contribution in [0.25, 0.3) is 10.9 Å². The lowest BCUT2D eigenvalue weighted by atomic mass is 9.93. The zero-order valence-electron chi connectivity index (χ0n) is 16.4. The zero-order chi connectivity index (χ0) is 19.5.